The van der Waals surface area contributed by atoms with E-state index < -0.39 is 17.8 Å². The van der Waals surface area contributed by atoms with Crippen LogP contribution in [-0.4, -0.2) is 17.8 Å². The zero-order chi connectivity index (χ0) is 21.6. The summed E-state index contributed by atoms with van der Waals surface area (Å²) in [7, 11) is 0. The number of hydrogen-bond donors (Lipinski definition) is 1. The predicted molar refractivity (Wildman–Crippen MR) is 114 cm³/mol. The molecule has 148 valence electrons. The molecular formula is C21H17Cl2FN4O. The lowest BCUT2D eigenvalue weighted by molar-refractivity contribution is 0.0942. The van der Waals surface area contributed by atoms with Gasteiger partial charge in [-0.1, -0.05) is 29.3 Å². The molecule has 1 N–H and O–H groups in total. The van der Waals surface area contributed by atoms with Crippen LogP contribution in [0.1, 0.15) is 40.0 Å². The molecule has 0 radical (unpaired) electrons. The minimum absolute atomic E-state index is 0.0479. The number of amides is 1. The van der Waals surface area contributed by atoms with E-state index in [1.807, 2.05) is 6.07 Å². The van der Waals surface area contributed by atoms with Crippen LogP contribution in [0.2, 0.25) is 5.02 Å². The fourth-order valence-corrected chi connectivity index (χ4v) is 2.69. The third kappa shape index (κ3) is 5.74. The van der Waals surface area contributed by atoms with Crippen molar-refractivity contribution in [3.8, 4) is 6.07 Å². The zero-order valence-electron chi connectivity index (χ0n) is 15.7. The van der Waals surface area contributed by atoms with Gasteiger partial charge in [0.2, 0.25) is 0 Å². The van der Waals surface area contributed by atoms with Crippen LogP contribution in [0.4, 0.5) is 4.39 Å². The number of aryl methyl sites for hydroxylation is 1. The smallest absolute Gasteiger partial charge is 0.252 e. The van der Waals surface area contributed by atoms with Crippen molar-refractivity contribution in [1.82, 2.24) is 5.32 Å². The van der Waals surface area contributed by atoms with Gasteiger partial charge in [-0.25, -0.2) is 9.38 Å². The molecule has 0 aliphatic rings. The van der Waals surface area contributed by atoms with E-state index in [1.165, 1.54) is 24.4 Å². The number of carbonyl (C=O) groups excluding carboxylic acids is 1. The van der Waals surface area contributed by atoms with Gasteiger partial charge in [-0.3, -0.25) is 9.79 Å². The Morgan fingerprint density at radius 2 is 2.07 bits per heavy atom. The number of rotatable bonds is 6. The number of benzene rings is 2. The van der Waals surface area contributed by atoms with E-state index in [0.29, 0.717) is 22.3 Å². The molecule has 2 aromatic rings. The van der Waals surface area contributed by atoms with E-state index >= 15 is 0 Å². The minimum Gasteiger partial charge on any atom is -0.339 e. The first kappa shape index (κ1) is 22.3. The maximum atomic E-state index is 14.0. The molecule has 2 rings (SSSR count). The van der Waals surface area contributed by atoms with Crippen molar-refractivity contribution < 1.29 is 9.18 Å². The highest BCUT2D eigenvalue weighted by atomic mass is 35.5. The van der Waals surface area contributed by atoms with Gasteiger partial charge in [0.25, 0.3) is 5.91 Å². The van der Waals surface area contributed by atoms with Crippen molar-refractivity contribution >= 4 is 41.0 Å². The SMILES string of the molecule is C=N/C(=C\N=C(C)Cl)[C@@H](NC(=O)c1ccc(C#N)c(C)c1)c1ccc(Cl)c(F)c1. The van der Waals surface area contributed by atoms with Gasteiger partial charge in [0.05, 0.1) is 34.6 Å². The summed E-state index contributed by atoms with van der Waals surface area (Å²) in [5.74, 6) is -1.09. The van der Waals surface area contributed by atoms with Gasteiger partial charge in [0.15, 0.2) is 0 Å². The molecule has 0 saturated heterocycles. The normalized spacial score (nSPS) is 12.8. The van der Waals surface area contributed by atoms with Crippen LogP contribution in [0, 0.1) is 24.1 Å². The molecule has 2 aromatic carbocycles. The van der Waals surface area contributed by atoms with Crippen LogP contribution in [0.25, 0.3) is 0 Å². The van der Waals surface area contributed by atoms with Gasteiger partial charge in [-0.2, -0.15) is 5.26 Å². The Bertz CT molecular complexity index is 1050. The highest BCUT2D eigenvalue weighted by Crippen LogP contribution is 2.27. The first-order valence-electron chi connectivity index (χ1n) is 8.40. The molecule has 5 nitrogen and oxygen atoms in total. The van der Waals surface area contributed by atoms with Crippen molar-refractivity contribution in [2.75, 3.05) is 0 Å². The highest BCUT2D eigenvalue weighted by Gasteiger charge is 2.21. The predicted octanol–water partition coefficient (Wildman–Crippen LogP) is 5.33. The van der Waals surface area contributed by atoms with Crippen LogP contribution in [0.3, 0.4) is 0 Å². The Balaban J connectivity index is 2.48. The standard InChI is InChI=1S/C21H17Cl2FN4O/c1-12-8-15(4-5-16(12)10-25)21(29)28-20(19(26-3)11-27-13(2)22)14-6-7-17(23)18(24)9-14/h4-9,11,20H,3H2,1-2H3,(H,28,29)/b19-11-,27-13?/t20-/m0/s1. The summed E-state index contributed by atoms with van der Waals surface area (Å²) in [6, 6.07) is 10.0. The third-order valence-corrected chi connectivity index (χ3v) is 4.42. The van der Waals surface area contributed by atoms with E-state index in [0.717, 1.165) is 0 Å². The van der Waals surface area contributed by atoms with Crippen LogP contribution in [0.15, 0.2) is 58.3 Å². The number of hydrogen-bond acceptors (Lipinski definition) is 4. The topological polar surface area (TPSA) is 77.6 Å². The Morgan fingerprint density at radius 3 is 2.62 bits per heavy atom. The third-order valence-electron chi connectivity index (χ3n) is 4.01. The number of aliphatic imine (C=N–C) groups is 2. The van der Waals surface area contributed by atoms with Gasteiger partial charge in [-0.15, -0.1) is 0 Å². The fourth-order valence-electron chi connectivity index (χ4n) is 2.53. The van der Waals surface area contributed by atoms with Crippen molar-refractivity contribution in [3.05, 3.63) is 81.4 Å². The molecule has 0 bridgehead atoms. The second-order valence-electron chi connectivity index (χ2n) is 6.06. The van der Waals surface area contributed by atoms with Crippen LogP contribution >= 0.6 is 23.2 Å². The quantitative estimate of drug-likeness (QED) is 0.628. The average Bonchev–Trinajstić information content (AvgIpc) is 2.69. The molecule has 1 amide bonds. The van der Waals surface area contributed by atoms with Gasteiger partial charge >= 0.3 is 0 Å². The van der Waals surface area contributed by atoms with E-state index in [2.05, 4.69) is 22.0 Å². The molecule has 0 spiro atoms. The summed E-state index contributed by atoms with van der Waals surface area (Å²) in [6.45, 7) is 6.81. The summed E-state index contributed by atoms with van der Waals surface area (Å²) in [6.07, 6.45) is 1.34. The molecule has 0 saturated carbocycles. The maximum absolute atomic E-state index is 14.0. The first-order valence-corrected chi connectivity index (χ1v) is 9.15. The molecular weight excluding hydrogens is 414 g/mol. The van der Waals surface area contributed by atoms with Crippen molar-refractivity contribution in [2.45, 2.75) is 19.9 Å². The second-order valence-corrected chi connectivity index (χ2v) is 7.01. The van der Waals surface area contributed by atoms with Crippen LogP contribution in [0.5, 0.6) is 0 Å². The van der Waals surface area contributed by atoms with Crippen molar-refractivity contribution in [1.29, 1.82) is 5.26 Å². The van der Waals surface area contributed by atoms with E-state index in [9.17, 15) is 9.18 Å². The minimum atomic E-state index is -0.859. The van der Waals surface area contributed by atoms with Gasteiger partial charge in [0.1, 0.15) is 11.0 Å². The Kier molecular flexibility index (Phi) is 7.66. The highest BCUT2D eigenvalue weighted by molar-refractivity contribution is 6.64. The van der Waals surface area contributed by atoms with Gasteiger partial charge in [-0.05, 0) is 62.0 Å². The Morgan fingerprint density at radius 1 is 1.34 bits per heavy atom. The Hall–Kier alpha value is -3.01. The number of nitrogens with zero attached hydrogens (tertiary/aromatic N) is 3. The summed E-state index contributed by atoms with van der Waals surface area (Å²) >= 11 is 11.5. The molecule has 0 aliphatic heterocycles. The average molecular weight is 431 g/mol. The Labute approximate surface area is 178 Å². The van der Waals surface area contributed by atoms with Gasteiger partial charge in [0, 0.05) is 5.56 Å². The zero-order valence-corrected chi connectivity index (χ0v) is 17.2. The molecule has 0 unspecified atom stereocenters. The van der Waals surface area contributed by atoms with Crippen LogP contribution < -0.4 is 5.32 Å². The summed E-state index contributed by atoms with van der Waals surface area (Å²) < 4.78 is 14.0. The molecule has 29 heavy (non-hydrogen) atoms. The van der Waals surface area contributed by atoms with Crippen molar-refractivity contribution in [2.24, 2.45) is 9.98 Å². The van der Waals surface area contributed by atoms with E-state index in [4.69, 9.17) is 28.5 Å². The second kappa shape index (κ2) is 9.97. The number of carbonyl (C=O) groups is 1. The van der Waals surface area contributed by atoms with E-state index in [1.54, 1.807) is 32.0 Å². The molecule has 8 heteroatoms. The fraction of sp³-hybridized carbons (Fsp3) is 0.143. The first-order chi connectivity index (χ1) is 13.8. The number of nitriles is 1. The number of halogens is 3. The van der Waals surface area contributed by atoms with Crippen LogP contribution in [-0.2, 0) is 0 Å². The lowest BCUT2D eigenvalue weighted by Crippen LogP contribution is -2.29. The molecule has 0 aromatic heterocycles. The van der Waals surface area contributed by atoms with Crippen molar-refractivity contribution in [3.63, 3.8) is 0 Å². The summed E-state index contributed by atoms with van der Waals surface area (Å²) in [5.41, 5.74) is 2.12. The lowest BCUT2D eigenvalue weighted by Gasteiger charge is -2.20. The molecule has 0 aliphatic carbocycles. The molecule has 0 heterocycles. The van der Waals surface area contributed by atoms with E-state index in [-0.39, 0.29) is 15.9 Å². The monoisotopic (exact) mass is 430 g/mol. The number of nitrogens with one attached hydrogen (secondary N) is 1. The maximum Gasteiger partial charge on any atom is 0.252 e. The largest absolute Gasteiger partial charge is 0.339 e. The summed E-state index contributed by atoms with van der Waals surface area (Å²) in [5, 5.41) is 12.0. The molecule has 0 fully saturated rings. The molecule has 1 atom stereocenters. The van der Waals surface area contributed by atoms with Gasteiger partial charge < -0.3 is 5.32 Å². The lowest BCUT2D eigenvalue weighted by atomic mass is 10.0. The summed E-state index contributed by atoms with van der Waals surface area (Å²) in [4.78, 5) is 20.7.